The Morgan fingerprint density at radius 1 is 1.16 bits per heavy atom. The largest absolute Gasteiger partial charge is 0.454 e. The number of nitrogens with zero attached hydrogens (tertiary/aromatic N) is 4. The third-order valence-electron chi connectivity index (χ3n) is 5.11. The van der Waals surface area contributed by atoms with E-state index in [9.17, 15) is 4.79 Å². The van der Waals surface area contributed by atoms with Gasteiger partial charge in [-0.15, -0.1) is 0 Å². The molecule has 3 heterocycles. The van der Waals surface area contributed by atoms with E-state index in [2.05, 4.69) is 10.1 Å². The summed E-state index contributed by atoms with van der Waals surface area (Å²) in [6, 6.07) is 11.3. The van der Waals surface area contributed by atoms with Gasteiger partial charge >= 0.3 is 0 Å². The zero-order valence-electron chi connectivity index (χ0n) is 17.5. The second-order valence-electron chi connectivity index (χ2n) is 7.18. The van der Waals surface area contributed by atoms with Crippen molar-refractivity contribution in [2.24, 2.45) is 0 Å². The van der Waals surface area contributed by atoms with Gasteiger partial charge in [0.2, 0.25) is 18.5 Å². The number of rotatable bonds is 7. The van der Waals surface area contributed by atoms with E-state index in [1.165, 1.54) is 11.8 Å². The van der Waals surface area contributed by atoms with E-state index in [1.807, 2.05) is 31.2 Å². The summed E-state index contributed by atoms with van der Waals surface area (Å²) in [5, 5.41) is 5.10. The molecule has 9 nitrogen and oxygen atoms in total. The molecule has 0 amide bonds. The van der Waals surface area contributed by atoms with Gasteiger partial charge < -0.3 is 18.7 Å². The van der Waals surface area contributed by atoms with Crippen molar-refractivity contribution in [3.63, 3.8) is 0 Å². The Bertz CT molecular complexity index is 1350. The van der Waals surface area contributed by atoms with Gasteiger partial charge in [-0.25, -0.2) is 4.98 Å². The molecule has 2 aromatic carbocycles. The molecule has 0 fully saturated rings. The Morgan fingerprint density at radius 3 is 2.78 bits per heavy atom. The highest BCUT2D eigenvalue weighted by molar-refractivity contribution is 7.98. The van der Waals surface area contributed by atoms with Crippen molar-refractivity contribution in [2.45, 2.75) is 24.4 Å². The van der Waals surface area contributed by atoms with E-state index in [1.54, 1.807) is 23.8 Å². The lowest BCUT2D eigenvalue weighted by Gasteiger charge is -2.12. The van der Waals surface area contributed by atoms with Crippen LogP contribution in [0.25, 0.3) is 22.3 Å². The van der Waals surface area contributed by atoms with Crippen LogP contribution in [0.1, 0.15) is 11.5 Å². The third-order valence-corrected chi connectivity index (χ3v) is 6.07. The van der Waals surface area contributed by atoms with Crippen LogP contribution in [-0.4, -0.2) is 40.2 Å². The predicted molar refractivity (Wildman–Crippen MR) is 118 cm³/mol. The maximum absolute atomic E-state index is 13.2. The lowest BCUT2D eigenvalue weighted by atomic mass is 10.1. The van der Waals surface area contributed by atoms with Crippen LogP contribution in [0.2, 0.25) is 0 Å². The second kappa shape index (κ2) is 8.64. The topological polar surface area (TPSA) is 102 Å². The van der Waals surface area contributed by atoms with Gasteiger partial charge in [-0.3, -0.25) is 9.36 Å². The fraction of sp³-hybridized carbons (Fsp3) is 0.273. The summed E-state index contributed by atoms with van der Waals surface area (Å²) in [5.41, 5.74) is 2.36. The molecule has 4 aromatic rings. The number of methoxy groups -OCH3 is 1. The Labute approximate surface area is 187 Å². The van der Waals surface area contributed by atoms with Crippen molar-refractivity contribution in [2.75, 3.05) is 20.5 Å². The van der Waals surface area contributed by atoms with Crippen LogP contribution in [0.5, 0.6) is 11.5 Å². The van der Waals surface area contributed by atoms with E-state index >= 15 is 0 Å². The molecule has 0 N–H and O–H groups in total. The van der Waals surface area contributed by atoms with Crippen molar-refractivity contribution < 1.29 is 18.7 Å². The zero-order valence-corrected chi connectivity index (χ0v) is 18.3. The maximum Gasteiger partial charge on any atom is 0.262 e. The molecule has 5 rings (SSSR count). The first-order valence-electron chi connectivity index (χ1n) is 9.98. The summed E-state index contributed by atoms with van der Waals surface area (Å²) in [5.74, 6) is 2.48. The van der Waals surface area contributed by atoms with Crippen LogP contribution in [0.3, 0.4) is 0 Å². The number of ether oxygens (including phenoxy) is 3. The molecule has 0 saturated carbocycles. The van der Waals surface area contributed by atoms with Gasteiger partial charge in [-0.2, -0.15) is 4.98 Å². The van der Waals surface area contributed by atoms with Crippen LogP contribution in [-0.2, 0) is 17.0 Å². The molecule has 32 heavy (non-hydrogen) atoms. The zero-order chi connectivity index (χ0) is 22.1. The molecule has 0 aliphatic carbocycles. The van der Waals surface area contributed by atoms with Crippen LogP contribution in [0.4, 0.5) is 0 Å². The third kappa shape index (κ3) is 3.82. The van der Waals surface area contributed by atoms with E-state index < -0.39 is 0 Å². The molecule has 0 atom stereocenters. The summed E-state index contributed by atoms with van der Waals surface area (Å²) >= 11 is 1.35. The fourth-order valence-corrected chi connectivity index (χ4v) is 4.32. The lowest BCUT2D eigenvalue weighted by Crippen LogP contribution is -2.25. The maximum atomic E-state index is 13.2. The summed E-state index contributed by atoms with van der Waals surface area (Å²) in [7, 11) is 1.59. The Kier molecular flexibility index (Phi) is 5.54. The van der Waals surface area contributed by atoms with Gasteiger partial charge in [0.1, 0.15) is 0 Å². The minimum atomic E-state index is -0.168. The number of thioether (sulfide) groups is 1. The van der Waals surface area contributed by atoms with Crippen LogP contribution < -0.4 is 15.0 Å². The quantitative estimate of drug-likeness (QED) is 0.308. The molecule has 1 aliphatic heterocycles. The molecular formula is C22H20N4O5S. The molecule has 10 heteroatoms. The molecular weight excluding hydrogens is 432 g/mol. The van der Waals surface area contributed by atoms with Gasteiger partial charge in [0.05, 0.1) is 29.8 Å². The molecule has 2 aromatic heterocycles. The summed E-state index contributed by atoms with van der Waals surface area (Å²) < 4.78 is 23.1. The first-order valence-corrected chi connectivity index (χ1v) is 11.0. The molecule has 0 spiro atoms. The molecule has 164 valence electrons. The molecule has 1 aliphatic rings. The monoisotopic (exact) mass is 452 g/mol. The van der Waals surface area contributed by atoms with Gasteiger partial charge in [-0.1, -0.05) is 41.2 Å². The van der Waals surface area contributed by atoms with E-state index in [4.69, 9.17) is 23.7 Å². The highest BCUT2D eigenvalue weighted by atomic mass is 32.2. The van der Waals surface area contributed by atoms with Gasteiger partial charge in [0, 0.05) is 18.7 Å². The average Bonchev–Trinajstić information content (AvgIpc) is 3.45. The highest BCUT2D eigenvalue weighted by Crippen LogP contribution is 2.35. The van der Waals surface area contributed by atoms with E-state index in [0.29, 0.717) is 58.2 Å². The van der Waals surface area contributed by atoms with Crippen molar-refractivity contribution in [3.8, 4) is 22.9 Å². The van der Waals surface area contributed by atoms with Gasteiger partial charge in [0.25, 0.3) is 5.56 Å². The molecule has 0 bridgehead atoms. The predicted octanol–water partition coefficient (Wildman–Crippen LogP) is 3.42. The SMILES string of the molecule is COCCn1c(SCc2nc(-c3ccccc3C)no2)nc2cc3c(cc2c1=O)OCO3. The van der Waals surface area contributed by atoms with E-state index in [-0.39, 0.29) is 12.4 Å². The van der Waals surface area contributed by atoms with Crippen molar-refractivity contribution in [1.82, 2.24) is 19.7 Å². The number of aromatic nitrogens is 4. The molecule has 0 saturated heterocycles. The normalized spacial score (nSPS) is 12.6. The van der Waals surface area contributed by atoms with Crippen LogP contribution >= 0.6 is 11.8 Å². The summed E-state index contributed by atoms with van der Waals surface area (Å²) in [4.78, 5) is 22.4. The molecule has 0 unspecified atom stereocenters. The number of hydrogen-bond donors (Lipinski definition) is 0. The van der Waals surface area contributed by atoms with Gasteiger partial charge in [0.15, 0.2) is 16.7 Å². The lowest BCUT2D eigenvalue weighted by molar-refractivity contribution is 0.174. The van der Waals surface area contributed by atoms with Crippen molar-refractivity contribution in [3.05, 3.63) is 58.2 Å². The van der Waals surface area contributed by atoms with Gasteiger partial charge in [-0.05, 0) is 18.6 Å². The minimum Gasteiger partial charge on any atom is -0.454 e. The van der Waals surface area contributed by atoms with Crippen LogP contribution in [0.15, 0.2) is 50.9 Å². The smallest absolute Gasteiger partial charge is 0.262 e. The Balaban J connectivity index is 1.46. The summed E-state index contributed by atoms with van der Waals surface area (Å²) in [6.45, 7) is 2.88. The number of hydrogen-bond acceptors (Lipinski definition) is 9. The van der Waals surface area contributed by atoms with Crippen LogP contribution in [0, 0.1) is 6.92 Å². The summed E-state index contributed by atoms with van der Waals surface area (Å²) in [6.07, 6.45) is 0. The Hall–Kier alpha value is -3.37. The standard InChI is InChI=1S/C22H20N4O5S/c1-13-5-3-4-6-14(13)20-24-19(31-25-20)11-32-22-23-16-10-18-17(29-12-30-18)9-15(16)21(27)26(22)7-8-28-2/h3-6,9-10H,7-8,11-12H2,1-2H3. The number of fused-ring (bicyclic) bond motifs is 2. The second-order valence-corrected chi connectivity index (χ2v) is 8.12. The van der Waals surface area contributed by atoms with E-state index in [0.717, 1.165) is 11.1 Å². The number of aryl methyl sites for hydroxylation is 1. The first-order chi connectivity index (χ1) is 15.6. The fourth-order valence-electron chi connectivity index (χ4n) is 3.45. The Morgan fingerprint density at radius 2 is 1.97 bits per heavy atom. The number of benzene rings is 2. The first kappa shape index (κ1) is 20.5. The average molecular weight is 452 g/mol. The van der Waals surface area contributed by atoms with Crippen molar-refractivity contribution in [1.29, 1.82) is 0 Å². The van der Waals surface area contributed by atoms with Crippen molar-refractivity contribution >= 4 is 22.7 Å². The highest BCUT2D eigenvalue weighted by Gasteiger charge is 2.20. The minimum absolute atomic E-state index is 0.130. The molecule has 0 radical (unpaired) electrons.